The minimum Gasteiger partial charge on any atom is -0.396 e. The van der Waals surface area contributed by atoms with Crippen LogP contribution >= 0.6 is 0 Å². The third-order valence-electron chi connectivity index (χ3n) is 7.34. The van der Waals surface area contributed by atoms with Gasteiger partial charge in [-0.3, -0.25) is 0 Å². The lowest BCUT2D eigenvalue weighted by Crippen LogP contribution is -2.50. The molecule has 0 aliphatic heterocycles. The van der Waals surface area contributed by atoms with Crippen LogP contribution in [-0.4, -0.2) is 23.4 Å². The van der Waals surface area contributed by atoms with E-state index < -0.39 is 0 Å². The fraction of sp³-hybridized carbons (Fsp3) is 0.900. The van der Waals surface area contributed by atoms with Crippen molar-refractivity contribution in [3.8, 4) is 0 Å². The highest BCUT2D eigenvalue weighted by Crippen LogP contribution is 2.61. The molecular formula is C20H36O2. The van der Waals surface area contributed by atoms with Gasteiger partial charge in [0.1, 0.15) is 0 Å². The molecule has 0 saturated heterocycles. The summed E-state index contributed by atoms with van der Waals surface area (Å²) in [6, 6.07) is 0. The van der Waals surface area contributed by atoms with Gasteiger partial charge < -0.3 is 10.2 Å². The Morgan fingerprint density at radius 2 is 1.95 bits per heavy atom. The van der Waals surface area contributed by atoms with Crippen LogP contribution in [0.2, 0.25) is 0 Å². The molecule has 5 atom stereocenters. The van der Waals surface area contributed by atoms with Gasteiger partial charge in [-0.05, 0) is 72.7 Å². The van der Waals surface area contributed by atoms with Gasteiger partial charge in [0, 0.05) is 6.61 Å². The first kappa shape index (κ1) is 18.0. The van der Waals surface area contributed by atoms with Crippen LogP contribution in [-0.2, 0) is 0 Å². The summed E-state index contributed by atoms with van der Waals surface area (Å²) in [5.74, 6) is 2.06. The van der Waals surface area contributed by atoms with Gasteiger partial charge in [0.25, 0.3) is 0 Å². The zero-order valence-corrected chi connectivity index (χ0v) is 15.1. The molecule has 2 aliphatic carbocycles. The number of rotatable bonds is 6. The Balaban J connectivity index is 2.19. The SMILES string of the molecule is CC(CCO)CCC1(C)C(C)CCC2(C)C(CO)=CCCC21. The Kier molecular flexibility index (Phi) is 5.77. The van der Waals surface area contributed by atoms with E-state index in [-0.39, 0.29) is 12.0 Å². The molecule has 0 heterocycles. The van der Waals surface area contributed by atoms with Crippen LogP contribution in [0.4, 0.5) is 0 Å². The standard InChI is InChI=1S/C20H36O2/c1-15(10-13-21)8-11-19(3)16(2)9-12-20(4)17(14-22)6-5-7-18(19)20/h6,15-16,18,21-22H,5,7-14H2,1-4H3. The van der Waals surface area contributed by atoms with Crippen LogP contribution in [0.25, 0.3) is 0 Å². The zero-order chi connectivity index (χ0) is 16.4. The van der Waals surface area contributed by atoms with Crippen LogP contribution < -0.4 is 0 Å². The predicted molar refractivity (Wildman–Crippen MR) is 92.6 cm³/mol. The number of hydrogen-bond donors (Lipinski definition) is 2. The summed E-state index contributed by atoms with van der Waals surface area (Å²) < 4.78 is 0. The lowest BCUT2D eigenvalue weighted by Gasteiger charge is -2.58. The van der Waals surface area contributed by atoms with Crippen LogP contribution in [0.15, 0.2) is 11.6 Å². The topological polar surface area (TPSA) is 40.5 Å². The molecule has 2 aliphatic rings. The molecule has 5 unspecified atom stereocenters. The quantitative estimate of drug-likeness (QED) is 0.706. The summed E-state index contributed by atoms with van der Waals surface area (Å²) in [5, 5.41) is 19.0. The molecule has 0 aromatic heterocycles. The summed E-state index contributed by atoms with van der Waals surface area (Å²) in [5.41, 5.74) is 1.87. The summed E-state index contributed by atoms with van der Waals surface area (Å²) >= 11 is 0. The van der Waals surface area contributed by atoms with Crippen molar-refractivity contribution in [2.24, 2.45) is 28.6 Å². The highest BCUT2D eigenvalue weighted by atomic mass is 16.3. The molecular weight excluding hydrogens is 272 g/mol. The van der Waals surface area contributed by atoms with E-state index in [0.29, 0.717) is 23.9 Å². The maximum absolute atomic E-state index is 9.82. The van der Waals surface area contributed by atoms with Gasteiger partial charge in [-0.1, -0.05) is 40.2 Å². The third kappa shape index (κ3) is 3.14. The maximum atomic E-state index is 9.82. The van der Waals surface area contributed by atoms with Crippen LogP contribution in [0.3, 0.4) is 0 Å². The smallest absolute Gasteiger partial charge is 0.0647 e. The van der Waals surface area contributed by atoms with Crippen molar-refractivity contribution in [2.75, 3.05) is 13.2 Å². The van der Waals surface area contributed by atoms with E-state index in [9.17, 15) is 5.11 Å². The fourth-order valence-electron chi connectivity index (χ4n) is 5.37. The average Bonchev–Trinajstić information content (AvgIpc) is 2.49. The molecule has 1 fully saturated rings. The minimum absolute atomic E-state index is 0.203. The van der Waals surface area contributed by atoms with Crippen molar-refractivity contribution in [1.29, 1.82) is 0 Å². The molecule has 0 spiro atoms. The first-order valence-electron chi connectivity index (χ1n) is 9.29. The van der Waals surface area contributed by atoms with Crippen LogP contribution in [0.1, 0.15) is 72.6 Å². The molecule has 2 rings (SSSR count). The number of hydrogen-bond acceptors (Lipinski definition) is 2. The zero-order valence-electron chi connectivity index (χ0n) is 15.1. The highest BCUT2D eigenvalue weighted by molar-refractivity contribution is 5.22. The number of fused-ring (bicyclic) bond motifs is 1. The van der Waals surface area contributed by atoms with Crippen molar-refractivity contribution in [1.82, 2.24) is 0 Å². The van der Waals surface area contributed by atoms with Gasteiger partial charge in [0.2, 0.25) is 0 Å². The third-order valence-corrected chi connectivity index (χ3v) is 7.34. The van der Waals surface area contributed by atoms with Crippen molar-refractivity contribution < 1.29 is 10.2 Å². The molecule has 0 aromatic carbocycles. The molecule has 0 radical (unpaired) electrons. The number of aliphatic hydroxyl groups excluding tert-OH is 2. The Hall–Kier alpha value is -0.340. The van der Waals surface area contributed by atoms with Gasteiger partial charge in [0.15, 0.2) is 0 Å². The van der Waals surface area contributed by atoms with E-state index in [1.165, 1.54) is 37.7 Å². The van der Waals surface area contributed by atoms with Gasteiger partial charge in [-0.15, -0.1) is 0 Å². The summed E-state index contributed by atoms with van der Waals surface area (Å²) in [6.07, 6.45) is 10.6. The monoisotopic (exact) mass is 308 g/mol. The van der Waals surface area contributed by atoms with Crippen molar-refractivity contribution in [3.63, 3.8) is 0 Å². The van der Waals surface area contributed by atoms with E-state index in [4.69, 9.17) is 5.11 Å². The largest absolute Gasteiger partial charge is 0.396 e. The Morgan fingerprint density at radius 3 is 2.59 bits per heavy atom. The van der Waals surface area contributed by atoms with E-state index in [2.05, 4.69) is 33.8 Å². The molecule has 2 heteroatoms. The molecule has 1 saturated carbocycles. The van der Waals surface area contributed by atoms with Gasteiger partial charge >= 0.3 is 0 Å². The lowest BCUT2D eigenvalue weighted by atomic mass is 9.46. The van der Waals surface area contributed by atoms with E-state index in [1.807, 2.05) is 0 Å². The second kappa shape index (κ2) is 7.05. The first-order valence-corrected chi connectivity index (χ1v) is 9.29. The Bertz CT molecular complexity index is 403. The number of aliphatic hydroxyl groups is 2. The lowest BCUT2D eigenvalue weighted by molar-refractivity contribution is -0.0543. The molecule has 2 nitrogen and oxygen atoms in total. The van der Waals surface area contributed by atoms with Crippen molar-refractivity contribution in [2.45, 2.75) is 72.6 Å². The molecule has 0 aromatic rings. The molecule has 22 heavy (non-hydrogen) atoms. The van der Waals surface area contributed by atoms with E-state index in [1.54, 1.807) is 0 Å². The molecule has 2 N–H and O–H groups in total. The second-order valence-corrected chi connectivity index (χ2v) is 8.54. The minimum atomic E-state index is 0.203. The number of allylic oxidation sites excluding steroid dienone is 1. The van der Waals surface area contributed by atoms with Crippen molar-refractivity contribution >= 4 is 0 Å². The van der Waals surface area contributed by atoms with E-state index >= 15 is 0 Å². The average molecular weight is 309 g/mol. The molecule has 0 amide bonds. The fourth-order valence-corrected chi connectivity index (χ4v) is 5.37. The second-order valence-electron chi connectivity index (χ2n) is 8.54. The summed E-state index contributed by atoms with van der Waals surface area (Å²) in [7, 11) is 0. The van der Waals surface area contributed by atoms with Gasteiger partial charge in [0.05, 0.1) is 6.61 Å². The first-order chi connectivity index (χ1) is 10.4. The van der Waals surface area contributed by atoms with Gasteiger partial charge in [-0.2, -0.15) is 0 Å². The van der Waals surface area contributed by atoms with Gasteiger partial charge in [-0.25, -0.2) is 0 Å². The summed E-state index contributed by atoms with van der Waals surface area (Å²) in [6.45, 7) is 10.2. The maximum Gasteiger partial charge on any atom is 0.0647 e. The molecule has 128 valence electrons. The normalized spacial score (nSPS) is 40.0. The van der Waals surface area contributed by atoms with Crippen LogP contribution in [0.5, 0.6) is 0 Å². The van der Waals surface area contributed by atoms with Crippen molar-refractivity contribution in [3.05, 3.63) is 11.6 Å². The van der Waals surface area contributed by atoms with E-state index in [0.717, 1.165) is 18.8 Å². The Labute approximate surface area is 137 Å². The molecule has 0 bridgehead atoms. The summed E-state index contributed by atoms with van der Waals surface area (Å²) in [4.78, 5) is 0. The van der Waals surface area contributed by atoms with Crippen LogP contribution in [0, 0.1) is 28.6 Å². The predicted octanol–water partition coefficient (Wildman–Crippen LogP) is 4.56. The Morgan fingerprint density at radius 1 is 1.23 bits per heavy atom. The highest BCUT2D eigenvalue weighted by Gasteiger charge is 2.53.